The first kappa shape index (κ1) is 19.4. The van der Waals surface area contributed by atoms with E-state index >= 15 is 0 Å². The first-order valence-electron chi connectivity index (χ1n) is 6.70. The Balaban J connectivity index is 2.64. The maximum Gasteiger partial charge on any atom is 0.265 e. The molecule has 0 bridgehead atoms. The summed E-state index contributed by atoms with van der Waals surface area (Å²) >= 11 is 1.19. The second-order valence-electron chi connectivity index (χ2n) is 4.73. The van der Waals surface area contributed by atoms with E-state index in [0.29, 0.717) is 17.7 Å². The zero-order valence-corrected chi connectivity index (χ0v) is 14.6. The van der Waals surface area contributed by atoms with Crippen LogP contribution >= 0.6 is 11.8 Å². The van der Waals surface area contributed by atoms with Gasteiger partial charge in [0.15, 0.2) is 9.84 Å². The summed E-state index contributed by atoms with van der Waals surface area (Å²) in [6, 6.07) is 5.92. The Morgan fingerprint density at radius 3 is 2.18 bits per heavy atom. The predicted molar refractivity (Wildman–Crippen MR) is 87.4 cm³/mol. The molecule has 0 aromatic heterocycles. The van der Waals surface area contributed by atoms with Gasteiger partial charge in [-0.1, -0.05) is 19.1 Å². The minimum atomic E-state index is -4.03. The van der Waals surface area contributed by atoms with Gasteiger partial charge < -0.3 is 5.11 Å². The molecule has 0 fully saturated rings. The fourth-order valence-electron chi connectivity index (χ4n) is 1.64. The third-order valence-corrected chi connectivity index (χ3v) is 6.81. The van der Waals surface area contributed by atoms with E-state index in [0.717, 1.165) is 0 Å². The van der Waals surface area contributed by atoms with E-state index in [2.05, 4.69) is 0 Å². The van der Waals surface area contributed by atoms with Gasteiger partial charge >= 0.3 is 0 Å². The number of sulfone groups is 1. The van der Waals surface area contributed by atoms with Gasteiger partial charge in [-0.2, -0.15) is 8.42 Å². The molecule has 0 aliphatic heterocycles. The zero-order chi connectivity index (χ0) is 16.8. The summed E-state index contributed by atoms with van der Waals surface area (Å²) in [5.41, 5.74) is 0.0744. The van der Waals surface area contributed by atoms with Crippen molar-refractivity contribution in [1.82, 2.24) is 0 Å². The number of aliphatic hydroxyl groups excluding tert-OH is 1. The van der Waals surface area contributed by atoms with E-state index < -0.39 is 31.1 Å². The van der Waals surface area contributed by atoms with Gasteiger partial charge in [-0.05, 0) is 30.5 Å². The standard InChI is InChI=1S/C13H20O6S3/c1-2-13(14)20-8-10-21(15,16)12-5-3-11(4-6-12)7-9-22(17,18)19/h3-6,13-14H,2,7-10H2,1H3,(H,17,18,19). The van der Waals surface area contributed by atoms with Crippen LogP contribution in [0.15, 0.2) is 29.2 Å². The Labute approximate surface area is 135 Å². The molecule has 1 unspecified atom stereocenters. The number of aryl methyl sites for hydroxylation is 1. The van der Waals surface area contributed by atoms with Gasteiger partial charge in [0.25, 0.3) is 10.1 Å². The topological polar surface area (TPSA) is 109 Å². The van der Waals surface area contributed by atoms with Gasteiger partial charge in [-0.3, -0.25) is 4.55 Å². The fourth-order valence-corrected chi connectivity index (χ4v) is 4.69. The highest BCUT2D eigenvalue weighted by Crippen LogP contribution is 2.17. The van der Waals surface area contributed by atoms with E-state index in [1.807, 2.05) is 6.92 Å². The van der Waals surface area contributed by atoms with Crippen molar-refractivity contribution in [2.75, 3.05) is 17.3 Å². The maximum atomic E-state index is 12.1. The molecule has 0 amide bonds. The van der Waals surface area contributed by atoms with Crippen LogP contribution in [-0.2, 0) is 26.4 Å². The van der Waals surface area contributed by atoms with Crippen LogP contribution < -0.4 is 0 Å². The third kappa shape index (κ3) is 7.10. The Hall–Kier alpha value is -0.610. The summed E-state index contributed by atoms with van der Waals surface area (Å²) in [7, 11) is -7.45. The van der Waals surface area contributed by atoms with E-state index in [1.54, 1.807) is 0 Å². The van der Waals surface area contributed by atoms with Crippen molar-refractivity contribution in [3.63, 3.8) is 0 Å². The number of thioether (sulfide) groups is 1. The Morgan fingerprint density at radius 2 is 1.68 bits per heavy atom. The van der Waals surface area contributed by atoms with Crippen LogP contribution in [0.3, 0.4) is 0 Å². The van der Waals surface area contributed by atoms with E-state index in [1.165, 1.54) is 36.0 Å². The van der Waals surface area contributed by atoms with Gasteiger partial charge in [0.1, 0.15) is 0 Å². The van der Waals surface area contributed by atoms with Gasteiger partial charge in [0.05, 0.1) is 21.8 Å². The highest BCUT2D eigenvalue weighted by molar-refractivity contribution is 8.01. The molecule has 1 atom stereocenters. The lowest BCUT2D eigenvalue weighted by molar-refractivity contribution is 0.259. The zero-order valence-electron chi connectivity index (χ0n) is 12.2. The average Bonchev–Trinajstić information content (AvgIpc) is 2.44. The van der Waals surface area contributed by atoms with Crippen LogP contribution in [0.1, 0.15) is 18.9 Å². The molecule has 22 heavy (non-hydrogen) atoms. The summed E-state index contributed by atoms with van der Waals surface area (Å²) in [6.45, 7) is 1.82. The SMILES string of the molecule is CCC(O)SCCS(=O)(=O)c1ccc(CCS(=O)(=O)O)cc1. The van der Waals surface area contributed by atoms with E-state index in [-0.39, 0.29) is 17.1 Å². The monoisotopic (exact) mass is 368 g/mol. The average molecular weight is 368 g/mol. The largest absolute Gasteiger partial charge is 0.382 e. The third-order valence-electron chi connectivity index (χ3n) is 2.94. The molecule has 6 nitrogen and oxygen atoms in total. The number of hydrogen-bond donors (Lipinski definition) is 2. The van der Waals surface area contributed by atoms with E-state index in [4.69, 9.17) is 4.55 Å². The van der Waals surface area contributed by atoms with Crippen molar-refractivity contribution in [3.8, 4) is 0 Å². The van der Waals surface area contributed by atoms with Gasteiger partial charge in [0.2, 0.25) is 0 Å². The maximum absolute atomic E-state index is 12.1. The molecule has 0 saturated heterocycles. The second-order valence-corrected chi connectivity index (χ2v) is 9.70. The molecule has 0 heterocycles. The molecule has 0 radical (unpaired) electrons. The van der Waals surface area contributed by atoms with Crippen molar-refractivity contribution < 1.29 is 26.5 Å². The molecule has 9 heteroatoms. The molecule has 1 aromatic rings. The molecule has 0 saturated carbocycles. The van der Waals surface area contributed by atoms with Crippen molar-refractivity contribution in [3.05, 3.63) is 29.8 Å². The minimum Gasteiger partial charge on any atom is -0.382 e. The van der Waals surface area contributed by atoms with Crippen LogP contribution in [0, 0.1) is 0 Å². The first-order valence-corrected chi connectivity index (χ1v) is 11.0. The highest BCUT2D eigenvalue weighted by Gasteiger charge is 2.15. The number of benzene rings is 1. The highest BCUT2D eigenvalue weighted by atomic mass is 32.2. The van der Waals surface area contributed by atoms with Gasteiger partial charge in [-0.15, -0.1) is 11.8 Å². The minimum absolute atomic E-state index is 0.0703. The molecular weight excluding hydrogens is 348 g/mol. The van der Waals surface area contributed by atoms with Crippen molar-refractivity contribution in [2.45, 2.75) is 30.1 Å². The Bertz CT molecular complexity index is 664. The lowest BCUT2D eigenvalue weighted by Crippen LogP contribution is -2.11. The van der Waals surface area contributed by atoms with Crippen LogP contribution in [0.25, 0.3) is 0 Å². The van der Waals surface area contributed by atoms with Crippen LogP contribution in [-0.4, -0.2) is 49.2 Å². The first-order chi connectivity index (χ1) is 10.1. The van der Waals surface area contributed by atoms with Crippen LogP contribution in [0.4, 0.5) is 0 Å². The number of hydrogen-bond acceptors (Lipinski definition) is 6. The smallest absolute Gasteiger partial charge is 0.265 e. The molecule has 0 aliphatic carbocycles. The number of aliphatic hydroxyl groups is 1. The molecule has 1 rings (SSSR count). The van der Waals surface area contributed by atoms with Crippen molar-refractivity contribution in [1.29, 1.82) is 0 Å². The summed E-state index contributed by atoms with van der Waals surface area (Å²) in [5, 5.41) is 9.39. The quantitative estimate of drug-likeness (QED) is 0.500. The molecule has 1 aromatic carbocycles. The van der Waals surface area contributed by atoms with Crippen molar-refractivity contribution in [2.24, 2.45) is 0 Å². The Kier molecular flexibility index (Phi) is 7.33. The molecular formula is C13H20O6S3. The fraction of sp³-hybridized carbons (Fsp3) is 0.538. The van der Waals surface area contributed by atoms with Crippen LogP contribution in [0.2, 0.25) is 0 Å². The summed E-state index contributed by atoms with van der Waals surface area (Å²) in [4.78, 5) is 0.162. The molecule has 2 N–H and O–H groups in total. The number of rotatable bonds is 9. The Morgan fingerprint density at radius 1 is 1.09 bits per heavy atom. The van der Waals surface area contributed by atoms with Gasteiger partial charge in [-0.25, -0.2) is 8.42 Å². The summed E-state index contributed by atoms with van der Waals surface area (Å²) in [5.74, 6) is -0.161. The lowest BCUT2D eigenvalue weighted by Gasteiger charge is -2.08. The summed E-state index contributed by atoms with van der Waals surface area (Å²) in [6.07, 6.45) is 0.685. The normalized spacial score (nSPS) is 14.0. The van der Waals surface area contributed by atoms with Gasteiger partial charge in [0, 0.05) is 5.75 Å². The summed E-state index contributed by atoms with van der Waals surface area (Å²) < 4.78 is 54.2. The molecule has 0 aliphatic rings. The van der Waals surface area contributed by atoms with E-state index in [9.17, 15) is 21.9 Å². The lowest BCUT2D eigenvalue weighted by atomic mass is 10.2. The molecule has 126 valence electrons. The van der Waals surface area contributed by atoms with Crippen molar-refractivity contribution >= 4 is 31.7 Å². The molecule has 0 spiro atoms. The second kappa shape index (κ2) is 8.30. The van der Waals surface area contributed by atoms with Crippen LogP contribution in [0.5, 0.6) is 0 Å². The predicted octanol–water partition coefficient (Wildman–Crippen LogP) is 1.35.